The van der Waals surface area contributed by atoms with Crippen molar-refractivity contribution in [1.29, 1.82) is 0 Å². The van der Waals surface area contributed by atoms with Gasteiger partial charge in [-0.25, -0.2) is 8.42 Å². The Morgan fingerprint density at radius 3 is 2.20 bits per heavy atom. The van der Waals surface area contributed by atoms with Crippen LogP contribution < -0.4 is 5.73 Å². The Hall–Kier alpha value is -0.130. The molecule has 0 radical (unpaired) electrons. The fourth-order valence-electron chi connectivity index (χ4n) is 2.41. The first kappa shape index (κ1) is 12.9. The standard InChI is InChI=1S/C10H22N2O2S/c1-4-8(5-2)12(3)10-7-15(13,14)6-9(10)11/h8-10H,4-7,11H2,1-3H3. The van der Waals surface area contributed by atoms with Crippen LogP contribution in [0.4, 0.5) is 0 Å². The molecule has 2 N–H and O–H groups in total. The normalized spacial score (nSPS) is 30.3. The molecule has 15 heavy (non-hydrogen) atoms. The van der Waals surface area contributed by atoms with Gasteiger partial charge in [0, 0.05) is 18.1 Å². The van der Waals surface area contributed by atoms with E-state index in [4.69, 9.17) is 5.73 Å². The first-order valence-electron chi connectivity index (χ1n) is 5.59. The Labute approximate surface area is 92.7 Å². The van der Waals surface area contributed by atoms with Crippen LogP contribution in [0.1, 0.15) is 26.7 Å². The molecule has 1 aliphatic rings. The second-order valence-electron chi connectivity index (χ2n) is 4.44. The van der Waals surface area contributed by atoms with Crippen LogP contribution >= 0.6 is 0 Å². The van der Waals surface area contributed by atoms with Crippen molar-refractivity contribution in [3.8, 4) is 0 Å². The molecule has 5 heteroatoms. The SMILES string of the molecule is CCC(CC)N(C)C1CS(=O)(=O)CC1N. The highest BCUT2D eigenvalue weighted by Gasteiger charge is 2.38. The number of rotatable bonds is 4. The molecule has 1 heterocycles. The number of sulfone groups is 1. The average Bonchev–Trinajstić information content (AvgIpc) is 2.41. The number of likely N-dealkylation sites (N-methyl/N-ethyl adjacent to an activating group) is 1. The van der Waals surface area contributed by atoms with E-state index in [-0.39, 0.29) is 23.6 Å². The Morgan fingerprint density at radius 1 is 1.33 bits per heavy atom. The van der Waals surface area contributed by atoms with Crippen molar-refractivity contribution in [3.05, 3.63) is 0 Å². The molecule has 1 fully saturated rings. The molecule has 0 bridgehead atoms. The summed E-state index contributed by atoms with van der Waals surface area (Å²) in [6.07, 6.45) is 2.08. The maximum atomic E-state index is 11.4. The van der Waals surface area contributed by atoms with Crippen LogP contribution in [0.3, 0.4) is 0 Å². The molecule has 0 aliphatic carbocycles. The molecule has 2 atom stereocenters. The summed E-state index contributed by atoms with van der Waals surface area (Å²) >= 11 is 0. The maximum Gasteiger partial charge on any atom is 0.153 e. The number of nitrogens with zero attached hydrogens (tertiary/aromatic N) is 1. The molecular formula is C10H22N2O2S. The molecule has 1 aliphatic heterocycles. The van der Waals surface area contributed by atoms with Gasteiger partial charge in [0.1, 0.15) is 0 Å². The summed E-state index contributed by atoms with van der Waals surface area (Å²) in [4.78, 5) is 2.15. The third-order valence-electron chi connectivity index (χ3n) is 3.41. The van der Waals surface area contributed by atoms with Crippen LogP contribution in [-0.4, -0.2) is 50.0 Å². The van der Waals surface area contributed by atoms with Crippen molar-refractivity contribution in [2.24, 2.45) is 5.73 Å². The lowest BCUT2D eigenvalue weighted by Crippen LogP contribution is -2.49. The zero-order valence-corrected chi connectivity index (χ0v) is 10.6. The molecule has 0 spiro atoms. The molecular weight excluding hydrogens is 212 g/mol. The fourth-order valence-corrected chi connectivity index (χ4v) is 4.36. The molecule has 4 nitrogen and oxygen atoms in total. The highest BCUT2D eigenvalue weighted by atomic mass is 32.2. The van der Waals surface area contributed by atoms with E-state index < -0.39 is 9.84 Å². The Balaban J connectivity index is 2.72. The number of hydrogen-bond donors (Lipinski definition) is 1. The van der Waals surface area contributed by atoms with Crippen molar-refractivity contribution in [3.63, 3.8) is 0 Å². The third-order valence-corrected chi connectivity index (χ3v) is 5.15. The Bertz CT molecular complexity index is 299. The van der Waals surface area contributed by atoms with Crippen molar-refractivity contribution in [2.45, 2.75) is 44.8 Å². The molecule has 0 amide bonds. The van der Waals surface area contributed by atoms with E-state index in [1.165, 1.54) is 0 Å². The largest absolute Gasteiger partial charge is 0.325 e. The highest BCUT2D eigenvalue weighted by Crippen LogP contribution is 2.20. The van der Waals surface area contributed by atoms with Crippen LogP contribution in [0.5, 0.6) is 0 Å². The van der Waals surface area contributed by atoms with E-state index in [1.807, 2.05) is 7.05 Å². The maximum absolute atomic E-state index is 11.4. The van der Waals surface area contributed by atoms with Gasteiger partial charge < -0.3 is 5.73 Å². The van der Waals surface area contributed by atoms with Crippen LogP contribution in [0.15, 0.2) is 0 Å². The Morgan fingerprint density at radius 2 is 1.87 bits per heavy atom. The summed E-state index contributed by atoms with van der Waals surface area (Å²) in [5.41, 5.74) is 5.88. The quantitative estimate of drug-likeness (QED) is 0.756. The summed E-state index contributed by atoms with van der Waals surface area (Å²) in [6, 6.07) is 0.217. The fraction of sp³-hybridized carbons (Fsp3) is 1.00. The van der Waals surface area contributed by atoms with E-state index in [9.17, 15) is 8.42 Å². The van der Waals surface area contributed by atoms with Crippen LogP contribution in [0.25, 0.3) is 0 Å². The zero-order chi connectivity index (χ0) is 11.6. The summed E-state index contributed by atoms with van der Waals surface area (Å²) in [7, 11) is -0.917. The first-order chi connectivity index (χ1) is 6.91. The first-order valence-corrected chi connectivity index (χ1v) is 7.41. The van der Waals surface area contributed by atoms with E-state index in [0.29, 0.717) is 6.04 Å². The van der Waals surface area contributed by atoms with Gasteiger partial charge in [0.05, 0.1) is 11.5 Å². The predicted octanol–water partition coefficient (Wildman–Crippen LogP) is 0.231. The van der Waals surface area contributed by atoms with Crippen molar-refractivity contribution >= 4 is 9.84 Å². The minimum Gasteiger partial charge on any atom is -0.325 e. The van der Waals surface area contributed by atoms with Gasteiger partial charge in [-0.2, -0.15) is 0 Å². The van der Waals surface area contributed by atoms with E-state index in [2.05, 4.69) is 18.7 Å². The van der Waals surface area contributed by atoms with Gasteiger partial charge in [0.15, 0.2) is 9.84 Å². The molecule has 0 saturated carbocycles. The monoisotopic (exact) mass is 234 g/mol. The van der Waals surface area contributed by atoms with Crippen LogP contribution in [0, 0.1) is 0 Å². The lowest BCUT2D eigenvalue weighted by atomic mass is 10.1. The van der Waals surface area contributed by atoms with Gasteiger partial charge in [0.25, 0.3) is 0 Å². The molecule has 1 saturated heterocycles. The number of nitrogens with two attached hydrogens (primary N) is 1. The second-order valence-corrected chi connectivity index (χ2v) is 6.60. The van der Waals surface area contributed by atoms with Gasteiger partial charge in [-0.15, -0.1) is 0 Å². The molecule has 2 unspecified atom stereocenters. The summed E-state index contributed by atoms with van der Waals surface area (Å²) in [5.74, 6) is 0.364. The zero-order valence-electron chi connectivity index (χ0n) is 9.81. The average molecular weight is 234 g/mol. The molecule has 0 aromatic heterocycles. The van der Waals surface area contributed by atoms with Gasteiger partial charge >= 0.3 is 0 Å². The van der Waals surface area contributed by atoms with Crippen LogP contribution in [0.2, 0.25) is 0 Å². The van der Waals surface area contributed by atoms with Crippen molar-refractivity contribution in [1.82, 2.24) is 4.90 Å². The predicted molar refractivity (Wildman–Crippen MR) is 62.6 cm³/mol. The van der Waals surface area contributed by atoms with Gasteiger partial charge in [-0.3, -0.25) is 4.90 Å². The van der Waals surface area contributed by atoms with Gasteiger partial charge in [-0.05, 0) is 19.9 Å². The smallest absolute Gasteiger partial charge is 0.153 e. The summed E-state index contributed by atoms with van der Waals surface area (Å²) in [5, 5.41) is 0. The lowest BCUT2D eigenvalue weighted by Gasteiger charge is -2.33. The molecule has 1 rings (SSSR count). The molecule has 0 aromatic carbocycles. The topological polar surface area (TPSA) is 63.4 Å². The number of hydrogen-bond acceptors (Lipinski definition) is 4. The molecule has 90 valence electrons. The van der Waals surface area contributed by atoms with Crippen molar-refractivity contribution < 1.29 is 8.42 Å². The Kier molecular flexibility index (Phi) is 4.14. The summed E-state index contributed by atoms with van der Waals surface area (Å²) in [6.45, 7) is 4.25. The van der Waals surface area contributed by atoms with E-state index in [1.54, 1.807) is 0 Å². The van der Waals surface area contributed by atoms with E-state index >= 15 is 0 Å². The summed E-state index contributed by atoms with van der Waals surface area (Å²) < 4.78 is 22.9. The van der Waals surface area contributed by atoms with Crippen molar-refractivity contribution in [2.75, 3.05) is 18.6 Å². The van der Waals surface area contributed by atoms with E-state index in [0.717, 1.165) is 12.8 Å². The molecule has 0 aromatic rings. The van der Waals surface area contributed by atoms with Crippen LogP contribution in [-0.2, 0) is 9.84 Å². The minimum absolute atomic E-state index is 0.0000926. The second kappa shape index (κ2) is 4.80. The highest BCUT2D eigenvalue weighted by molar-refractivity contribution is 7.91. The lowest BCUT2D eigenvalue weighted by molar-refractivity contribution is 0.166. The third kappa shape index (κ3) is 2.92. The van der Waals surface area contributed by atoms with Gasteiger partial charge in [0.2, 0.25) is 0 Å². The van der Waals surface area contributed by atoms with Gasteiger partial charge in [-0.1, -0.05) is 13.8 Å². The minimum atomic E-state index is -2.91.